The Morgan fingerprint density at radius 3 is 2.68 bits per heavy atom. The molecule has 0 bridgehead atoms. The van der Waals surface area contributed by atoms with Crippen molar-refractivity contribution < 1.29 is 4.79 Å². The average Bonchev–Trinajstić information content (AvgIpc) is 2.40. The van der Waals surface area contributed by atoms with Crippen molar-refractivity contribution in [2.45, 2.75) is 25.7 Å². The number of carbonyl (C=O) groups excluding carboxylic acids is 1. The molecule has 1 aromatic carbocycles. The van der Waals surface area contributed by atoms with Gasteiger partial charge in [-0.05, 0) is 50.4 Å². The molecule has 0 radical (unpaired) electrons. The fraction of sp³-hybridized carbons (Fsp3) is 0.500. The maximum absolute atomic E-state index is 11.8. The molecule has 2 N–H and O–H groups in total. The SMILES string of the molecule is Cl.O=C(CCC1CCNCC1)Nc1ccccc1Cl. The lowest BCUT2D eigenvalue weighted by Gasteiger charge is -2.22. The third kappa shape index (κ3) is 5.39. The van der Waals surface area contributed by atoms with E-state index in [9.17, 15) is 4.79 Å². The molecule has 106 valence electrons. The molecule has 1 heterocycles. The van der Waals surface area contributed by atoms with Crippen LogP contribution >= 0.6 is 24.0 Å². The van der Waals surface area contributed by atoms with E-state index in [1.807, 2.05) is 18.2 Å². The Balaban J connectivity index is 0.00000180. The van der Waals surface area contributed by atoms with Gasteiger partial charge in [0.2, 0.25) is 5.91 Å². The first-order valence-electron chi connectivity index (χ1n) is 6.51. The highest BCUT2D eigenvalue weighted by molar-refractivity contribution is 6.33. The molecule has 1 aliphatic heterocycles. The van der Waals surface area contributed by atoms with E-state index in [2.05, 4.69) is 10.6 Å². The average molecular weight is 303 g/mol. The lowest BCUT2D eigenvalue weighted by Crippen LogP contribution is -2.28. The number of nitrogens with one attached hydrogen (secondary N) is 2. The van der Waals surface area contributed by atoms with E-state index < -0.39 is 0 Å². The van der Waals surface area contributed by atoms with Gasteiger partial charge in [0.05, 0.1) is 10.7 Å². The number of para-hydroxylation sites is 1. The van der Waals surface area contributed by atoms with Gasteiger partial charge < -0.3 is 10.6 Å². The van der Waals surface area contributed by atoms with Gasteiger partial charge in [-0.3, -0.25) is 4.79 Å². The smallest absolute Gasteiger partial charge is 0.224 e. The number of benzene rings is 1. The molecular formula is C14H20Cl2N2O. The number of piperidine rings is 1. The molecule has 1 fully saturated rings. The van der Waals surface area contributed by atoms with E-state index in [4.69, 9.17) is 11.6 Å². The number of rotatable bonds is 4. The number of anilines is 1. The summed E-state index contributed by atoms with van der Waals surface area (Å²) in [4.78, 5) is 11.8. The number of hydrogen-bond donors (Lipinski definition) is 2. The van der Waals surface area contributed by atoms with Crippen LogP contribution in [0.5, 0.6) is 0 Å². The fourth-order valence-electron chi connectivity index (χ4n) is 2.28. The quantitative estimate of drug-likeness (QED) is 0.894. The van der Waals surface area contributed by atoms with Crippen LogP contribution in [0.2, 0.25) is 5.02 Å². The summed E-state index contributed by atoms with van der Waals surface area (Å²) >= 11 is 5.99. The summed E-state index contributed by atoms with van der Waals surface area (Å²) in [5.74, 6) is 0.741. The van der Waals surface area contributed by atoms with E-state index in [1.165, 1.54) is 12.8 Å². The Kier molecular flexibility index (Phi) is 7.21. The van der Waals surface area contributed by atoms with Crippen molar-refractivity contribution in [1.29, 1.82) is 0 Å². The van der Waals surface area contributed by atoms with E-state index in [0.29, 0.717) is 23.0 Å². The van der Waals surface area contributed by atoms with Gasteiger partial charge in [-0.25, -0.2) is 0 Å². The first-order valence-corrected chi connectivity index (χ1v) is 6.88. The van der Waals surface area contributed by atoms with Gasteiger partial charge >= 0.3 is 0 Å². The van der Waals surface area contributed by atoms with Gasteiger partial charge in [0, 0.05) is 6.42 Å². The van der Waals surface area contributed by atoms with Gasteiger partial charge in [0.1, 0.15) is 0 Å². The van der Waals surface area contributed by atoms with Crippen LogP contribution in [0.1, 0.15) is 25.7 Å². The Labute approximate surface area is 125 Å². The molecule has 0 aromatic heterocycles. The monoisotopic (exact) mass is 302 g/mol. The zero-order valence-corrected chi connectivity index (χ0v) is 12.4. The molecule has 0 unspecified atom stereocenters. The Morgan fingerprint density at radius 1 is 1.32 bits per heavy atom. The predicted octanol–water partition coefficient (Wildman–Crippen LogP) is 3.48. The van der Waals surface area contributed by atoms with Crippen LogP contribution in [-0.4, -0.2) is 19.0 Å². The molecule has 0 atom stereocenters. The first-order chi connectivity index (χ1) is 8.75. The summed E-state index contributed by atoms with van der Waals surface area (Å²) in [6.45, 7) is 2.16. The van der Waals surface area contributed by atoms with Crippen molar-refractivity contribution in [1.82, 2.24) is 5.32 Å². The minimum absolute atomic E-state index is 0. The van der Waals surface area contributed by atoms with Crippen LogP contribution in [0.3, 0.4) is 0 Å². The Morgan fingerprint density at radius 2 is 2.00 bits per heavy atom. The lowest BCUT2D eigenvalue weighted by molar-refractivity contribution is -0.116. The zero-order chi connectivity index (χ0) is 12.8. The summed E-state index contributed by atoms with van der Waals surface area (Å²) in [5.41, 5.74) is 0.703. The van der Waals surface area contributed by atoms with Crippen LogP contribution in [0, 0.1) is 5.92 Å². The van der Waals surface area contributed by atoms with E-state index in [-0.39, 0.29) is 18.3 Å². The van der Waals surface area contributed by atoms with Crippen LogP contribution in [0.25, 0.3) is 0 Å². The molecule has 1 amide bonds. The summed E-state index contributed by atoms with van der Waals surface area (Å²) in [6, 6.07) is 7.33. The van der Waals surface area contributed by atoms with E-state index in [0.717, 1.165) is 19.5 Å². The van der Waals surface area contributed by atoms with Crippen LogP contribution in [0.15, 0.2) is 24.3 Å². The highest BCUT2D eigenvalue weighted by Crippen LogP contribution is 2.22. The Bertz CT molecular complexity index is 406. The maximum atomic E-state index is 11.8. The number of carbonyl (C=O) groups is 1. The normalized spacial score (nSPS) is 15.6. The van der Waals surface area contributed by atoms with Crippen molar-refractivity contribution in [3.05, 3.63) is 29.3 Å². The minimum atomic E-state index is 0. The number of amides is 1. The standard InChI is InChI=1S/C14H19ClN2O.ClH/c15-12-3-1-2-4-13(12)17-14(18)6-5-11-7-9-16-10-8-11;/h1-4,11,16H,5-10H2,(H,17,18);1H. The zero-order valence-electron chi connectivity index (χ0n) is 10.8. The highest BCUT2D eigenvalue weighted by Gasteiger charge is 2.14. The third-order valence-electron chi connectivity index (χ3n) is 3.39. The second-order valence-corrected chi connectivity index (χ2v) is 5.17. The summed E-state index contributed by atoms with van der Waals surface area (Å²) in [5, 5.41) is 6.79. The highest BCUT2D eigenvalue weighted by atomic mass is 35.5. The molecule has 3 nitrogen and oxygen atoms in total. The largest absolute Gasteiger partial charge is 0.325 e. The van der Waals surface area contributed by atoms with Crippen molar-refractivity contribution in [3.63, 3.8) is 0 Å². The molecule has 1 saturated heterocycles. The van der Waals surface area contributed by atoms with Crippen LogP contribution < -0.4 is 10.6 Å². The molecule has 1 aromatic rings. The second-order valence-electron chi connectivity index (χ2n) is 4.76. The summed E-state index contributed by atoms with van der Waals surface area (Å²) < 4.78 is 0. The van der Waals surface area contributed by atoms with Gasteiger partial charge in [0.25, 0.3) is 0 Å². The lowest BCUT2D eigenvalue weighted by atomic mass is 9.93. The fourth-order valence-corrected chi connectivity index (χ4v) is 2.46. The maximum Gasteiger partial charge on any atom is 0.224 e. The number of halogens is 2. The topological polar surface area (TPSA) is 41.1 Å². The first kappa shape index (κ1) is 16.3. The molecule has 2 rings (SSSR count). The van der Waals surface area contributed by atoms with Gasteiger partial charge in [0.15, 0.2) is 0 Å². The summed E-state index contributed by atoms with van der Waals surface area (Å²) in [6.07, 6.45) is 3.91. The summed E-state index contributed by atoms with van der Waals surface area (Å²) in [7, 11) is 0. The van der Waals surface area contributed by atoms with Crippen molar-refractivity contribution in [3.8, 4) is 0 Å². The van der Waals surface area contributed by atoms with E-state index in [1.54, 1.807) is 6.07 Å². The van der Waals surface area contributed by atoms with Crippen LogP contribution in [0.4, 0.5) is 5.69 Å². The van der Waals surface area contributed by atoms with Gasteiger partial charge in [-0.2, -0.15) is 0 Å². The predicted molar refractivity (Wildman–Crippen MR) is 82.2 cm³/mol. The molecule has 0 spiro atoms. The van der Waals surface area contributed by atoms with E-state index >= 15 is 0 Å². The third-order valence-corrected chi connectivity index (χ3v) is 3.72. The molecular weight excluding hydrogens is 283 g/mol. The number of hydrogen-bond acceptors (Lipinski definition) is 2. The Hall–Kier alpha value is -0.770. The van der Waals surface area contributed by atoms with Crippen molar-refractivity contribution >= 4 is 35.6 Å². The van der Waals surface area contributed by atoms with Gasteiger partial charge in [-0.1, -0.05) is 23.7 Å². The molecule has 5 heteroatoms. The second kappa shape index (κ2) is 8.41. The minimum Gasteiger partial charge on any atom is -0.325 e. The molecule has 1 aliphatic rings. The van der Waals surface area contributed by atoms with Crippen LogP contribution in [-0.2, 0) is 4.79 Å². The molecule has 19 heavy (non-hydrogen) atoms. The van der Waals surface area contributed by atoms with Gasteiger partial charge in [-0.15, -0.1) is 12.4 Å². The molecule has 0 aliphatic carbocycles. The van der Waals surface area contributed by atoms with Crippen molar-refractivity contribution in [2.75, 3.05) is 18.4 Å². The van der Waals surface area contributed by atoms with Crippen molar-refractivity contribution in [2.24, 2.45) is 5.92 Å². The molecule has 0 saturated carbocycles.